The Morgan fingerprint density at radius 1 is 1.19 bits per heavy atom. The molecule has 2 rings (SSSR count). The lowest BCUT2D eigenvalue weighted by molar-refractivity contribution is -0.143. The fourth-order valence-corrected chi connectivity index (χ4v) is 3.10. The highest BCUT2D eigenvalue weighted by molar-refractivity contribution is 5.82. The molecule has 0 bridgehead atoms. The molecule has 1 amide bonds. The Balaban J connectivity index is 2.00. The van der Waals surface area contributed by atoms with Crippen LogP contribution in [0.15, 0.2) is 0 Å². The van der Waals surface area contributed by atoms with Crippen molar-refractivity contribution in [2.45, 2.75) is 39.5 Å². The molecule has 1 aliphatic heterocycles. The summed E-state index contributed by atoms with van der Waals surface area (Å²) in [6.45, 7) is 7.96. The molecular weight excluding hydrogens is 200 g/mol. The molecule has 2 aliphatic rings. The van der Waals surface area contributed by atoms with Gasteiger partial charge in [-0.15, -0.1) is 0 Å². The fourth-order valence-electron chi connectivity index (χ4n) is 3.10. The van der Waals surface area contributed by atoms with Crippen LogP contribution in [0.1, 0.15) is 39.5 Å². The van der Waals surface area contributed by atoms with Crippen molar-refractivity contribution in [3.63, 3.8) is 0 Å². The first kappa shape index (κ1) is 11.9. The van der Waals surface area contributed by atoms with Gasteiger partial charge in [0, 0.05) is 31.6 Å². The second-order valence-corrected chi connectivity index (χ2v) is 5.75. The van der Waals surface area contributed by atoms with Crippen molar-refractivity contribution in [2.75, 3.05) is 26.2 Å². The molecule has 1 saturated carbocycles. The third-order valence-electron chi connectivity index (χ3n) is 4.33. The van der Waals surface area contributed by atoms with Gasteiger partial charge >= 0.3 is 0 Å². The van der Waals surface area contributed by atoms with Gasteiger partial charge in [0.15, 0.2) is 0 Å². The standard InChI is InChI=1S/C13H24N2O/c1-13(2,11-5-3-4-6-11)12(16)15-9-7-14-8-10-15/h11,14H,3-10H2,1-2H3. The van der Waals surface area contributed by atoms with Gasteiger partial charge in [0.2, 0.25) is 5.91 Å². The van der Waals surface area contributed by atoms with Gasteiger partial charge in [-0.2, -0.15) is 0 Å². The fraction of sp³-hybridized carbons (Fsp3) is 0.923. The van der Waals surface area contributed by atoms with Crippen LogP contribution in [0.25, 0.3) is 0 Å². The van der Waals surface area contributed by atoms with Crippen LogP contribution in [0.4, 0.5) is 0 Å². The Bertz CT molecular complexity index is 251. The van der Waals surface area contributed by atoms with E-state index in [1.807, 2.05) is 0 Å². The third kappa shape index (κ3) is 2.24. The van der Waals surface area contributed by atoms with Crippen LogP contribution in [-0.4, -0.2) is 37.0 Å². The van der Waals surface area contributed by atoms with Crippen molar-refractivity contribution in [2.24, 2.45) is 11.3 Å². The first-order chi connectivity index (χ1) is 7.62. The molecule has 2 fully saturated rings. The molecule has 16 heavy (non-hydrogen) atoms. The number of hydrogen-bond donors (Lipinski definition) is 1. The second kappa shape index (κ2) is 4.74. The van der Waals surface area contributed by atoms with Crippen LogP contribution in [-0.2, 0) is 4.79 Å². The maximum atomic E-state index is 12.5. The van der Waals surface area contributed by atoms with E-state index in [0.29, 0.717) is 11.8 Å². The van der Waals surface area contributed by atoms with Gasteiger partial charge < -0.3 is 10.2 Å². The summed E-state index contributed by atoms with van der Waals surface area (Å²) in [6.07, 6.45) is 5.10. The molecule has 0 unspecified atom stereocenters. The van der Waals surface area contributed by atoms with Crippen LogP contribution in [0.3, 0.4) is 0 Å². The normalized spacial score (nSPS) is 23.8. The maximum Gasteiger partial charge on any atom is 0.228 e. The molecule has 92 valence electrons. The quantitative estimate of drug-likeness (QED) is 0.773. The minimum absolute atomic E-state index is 0.145. The van der Waals surface area contributed by atoms with Crippen molar-refractivity contribution in [1.82, 2.24) is 10.2 Å². The lowest BCUT2D eigenvalue weighted by Gasteiger charge is -2.37. The van der Waals surface area contributed by atoms with Crippen molar-refractivity contribution in [3.8, 4) is 0 Å². The zero-order valence-electron chi connectivity index (χ0n) is 10.6. The number of nitrogens with zero attached hydrogens (tertiary/aromatic N) is 1. The summed E-state index contributed by atoms with van der Waals surface area (Å²) in [6, 6.07) is 0. The molecule has 1 aliphatic carbocycles. The Kier molecular flexibility index (Phi) is 3.53. The monoisotopic (exact) mass is 224 g/mol. The maximum absolute atomic E-state index is 12.5. The molecule has 0 aromatic carbocycles. The topological polar surface area (TPSA) is 32.3 Å². The Labute approximate surface area is 98.6 Å². The molecule has 1 N–H and O–H groups in total. The average Bonchev–Trinajstić information content (AvgIpc) is 2.83. The lowest BCUT2D eigenvalue weighted by atomic mass is 9.76. The Hall–Kier alpha value is -0.570. The summed E-state index contributed by atoms with van der Waals surface area (Å²) in [4.78, 5) is 14.6. The average molecular weight is 224 g/mol. The Morgan fingerprint density at radius 2 is 1.75 bits per heavy atom. The van der Waals surface area contributed by atoms with E-state index in [0.717, 1.165) is 26.2 Å². The predicted molar refractivity (Wildman–Crippen MR) is 65.2 cm³/mol. The molecule has 0 aromatic rings. The van der Waals surface area contributed by atoms with Crippen molar-refractivity contribution in [1.29, 1.82) is 0 Å². The van der Waals surface area contributed by atoms with E-state index >= 15 is 0 Å². The van der Waals surface area contributed by atoms with Gasteiger partial charge in [-0.1, -0.05) is 26.7 Å². The molecule has 0 aromatic heterocycles. The van der Waals surface area contributed by atoms with Gasteiger partial charge in [0.25, 0.3) is 0 Å². The number of hydrogen-bond acceptors (Lipinski definition) is 2. The van der Waals surface area contributed by atoms with Crippen LogP contribution in [0.5, 0.6) is 0 Å². The first-order valence-corrected chi connectivity index (χ1v) is 6.62. The van der Waals surface area contributed by atoms with Crippen LogP contribution >= 0.6 is 0 Å². The molecular formula is C13H24N2O. The van der Waals surface area contributed by atoms with Gasteiger partial charge in [-0.05, 0) is 18.8 Å². The van der Waals surface area contributed by atoms with E-state index in [1.165, 1.54) is 25.7 Å². The van der Waals surface area contributed by atoms with Crippen molar-refractivity contribution >= 4 is 5.91 Å². The van der Waals surface area contributed by atoms with Crippen LogP contribution < -0.4 is 5.32 Å². The van der Waals surface area contributed by atoms with Crippen LogP contribution in [0.2, 0.25) is 0 Å². The number of nitrogens with one attached hydrogen (secondary N) is 1. The minimum Gasteiger partial charge on any atom is -0.340 e. The molecule has 3 heteroatoms. The van der Waals surface area contributed by atoms with E-state index in [-0.39, 0.29) is 5.41 Å². The summed E-state index contributed by atoms with van der Waals surface area (Å²) in [7, 11) is 0. The molecule has 0 atom stereocenters. The number of piperazine rings is 1. The van der Waals surface area contributed by atoms with Crippen LogP contribution in [0, 0.1) is 11.3 Å². The molecule has 3 nitrogen and oxygen atoms in total. The van der Waals surface area contributed by atoms with Crippen molar-refractivity contribution in [3.05, 3.63) is 0 Å². The molecule has 1 heterocycles. The highest BCUT2D eigenvalue weighted by atomic mass is 16.2. The smallest absolute Gasteiger partial charge is 0.228 e. The number of rotatable bonds is 2. The third-order valence-corrected chi connectivity index (χ3v) is 4.33. The summed E-state index contributed by atoms with van der Waals surface area (Å²) in [5.41, 5.74) is -0.145. The second-order valence-electron chi connectivity index (χ2n) is 5.75. The summed E-state index contributed by atoms with van der Waals surface area (Å²) >= 11 is 0. The zero-order valence-corrected chi connectivity index (χ0v) is 10.6. The summed E-state index contributed by atoms with van der Waals surface area (Å²) in [5, 5.41) is 3.30. The van der Waals surface area contributed by atoms with Gasteiger partial charge in [0.05, 0.1) is 0 Å². The van der Waals surface area contributed by atoms with Gasteiger partial charge in [-0.3, -0.25) is 4.79 Å². The molecule has 0 radical (unpaired) electrons. The largest absolute Gasteiger partial charge is 0.340 e. The number of carbonyl (C=O) groups is 1. The minimum atomic E-state index is -0.145. The summed E-state index contributed by atoms with van der Waals surface area (Å²) < 4.78 is 0. The highest BCUT2D eigenvalue weighted by Crippen LogP contribution is 2.40. The van der Waals surface area contributed by atoms with E-state index < -0.39 is 0 Å². The molecule has 1 saturated heterocycles. The van der Waals surface area contributed by atoms with Gasteiger partial charge in [-0.25, -0.2) is 0 Å². The number of carbonyl (C=O) groups excluding carboxylic acids is 1. The van der Waals surface area contributed by atoms with E-state index in [9.17, 15) is 4.79 Å². The highest BCUT2D eigenvalue weighted by Gasteiger charge is 2.40. The summed E-state index contributed by atoms with van der Waals surface area (Å²) in [5.74, 6) is 0.982. The van der Waals surface area contributed by atoms with E-state index in [4.69, 9.17) is 0 Å². The predicted octanol–water partition coefficient (Wildman–Crippen LogP) is 1.63. The lowest BCUT2D eigenvalue weighted by Crippen LogP contribution is -2.52. The van der Waals surface area contributed by atoms with E-state index in [1.54, 1.807) is 0 Å². The zero-order chi connectivity index (χ0) is 11.6. The SMILES string of the molecule is CC(C)(C(=O)N1CCNCC1)C1CCCC1. The number of amides is 1. The van der Waals surface area contributed by atoms with E-state index in [2.05, 4.69) is 24.1 Å². The van der Waals surface area contributed by atoms with Crippen molar-refractivity contribution < 1.29 is 4.79 Å². The molecule has 0 spiro atoms. The van der Waals surface area contributed by atoms with Gasteiger partial charge in [0.1, 0.15) is 0 Å². The Morgan fingerprint density at radius 3 is 2.31 bits per heavy atom. The first-order valence-electron chi connectivity index (χ1n) is 6.62.